The molecule has 0 N–H and O–H groups in total. The van der Waals surface area contributed by atoms with Crippen molar-refractivity contribution in [2.75, 3.05) is 0 Å². The smallest absolute Gasteiger partial charge is 0.270 e. The first-order valence-corrected chi connectivity index (χ1v) is 5.77. The Morgan fingerprint density at radius 1 is 1.26 bits per heavy atom. The fraction of sp³-hybridized carbons (Fsp3) is 0. The Balaban J connectivity index is 2.18. The van der Waals surface area contributed by atoms with Gasteiger partial charge in [-0.2, -0.15) is 0 Å². The van der Waals surface area contributed by atoms with E-state index in [1.165, 1.54) is 12.1 Å². The number of halogens is 1. The maximum atomic E-state index is 10.7. The molecule has 0 bridgehead atoms. The Kier molecular flexibility index (Phi) is 2.64. The number of nitro benzene ring substituents is 1. The van der Waals surface area contributed by atoms with Crippen molar-refractivity contribution in [2.24, 2.45) is 0 Å². The van der Waals surface area contributed by atoms with Gasteiger partial charge in [-0.05, 0) is 18.2 Å². The molecule has 0 saturated carbocycles. The van der Waals surface area contributed by atoms with Gasteiger partial charge in [0.05, 0.1) is 10.4 Å². The number of nitro groups is 1. The van der Waals surface area contributed by atoms with Gasteiger partial charge in [-0.1, -0.05) is 11.6 Å². The Labute approximate surface area is 112 Å². The maximum Gasteiger partial charge on any atom is 0.270 e. The minimum atomic E-state index is -0.424. The van der Waals surface area contributed by atoms with Crippen LogP contribution in [-0.2, 0) is 0 Å². The van der Waals surface area contributed by atoms with E-state index >= 15 is 0 Å². The predicted molar refractivity (Wildman–Crippen MR) is 70.5 cm³/mol. The first-order chi connectivity index (χ1) is 9.15. The van der Waals surface area contributed by atoms with Gasteiger partial charge in [0.15, 0.2) is 0 Å². The molecule has 2 heterocycles. The summed E-state index contributed by atoms with van der Waals surface area (Å²) >= 11 is 5.83. The molecule has 0 aliphatic heterocycles. The van der Waals surface area contributed by atoms with E-state index in [-0.39, 0.29) is 5.69 Å². The summed E-state index contributed by atoms with van der Waals surface area (Å²) in [6, 6.07) is 7.98. The van der Waals surface area contributed by atoms with Gasteiger partial charge in [-0.3, -0.25) is 14.7 Å². The van der Waals surface area contributed by atoms with Crippen molar-refractivity contribution in [2.45, 2.75) is 0 Å². The number of benzene rings is 1. The van der Waals surface area contributed by atoms with Gasteiger partial charge in [-0.15, -0.1) is 0 Å². The average Bonchev–Trinajstić information content (AvgIpc) is 2.81. The largest absolute Gasteiger partial charge is 0.285 e. The number of rotatable bonds is 2. The van der Waals surface area contributed by atoms with E-state index in [9.17, 15) is 10.1 Å². The van der Waals surface area contributed by atoms with Gasteiger partial charge in [0.2, 0.25) is 5.95 Å². The Bertz CT molecular complexity index is 784. The van der Waals surface area contributed by atoms with Crippen LogP contribution in [0.4, 0.5) is 5.69 Å². The molecule has 0 atom stereocenters. The molecule has 2 aromatic heterocycles. The number of hydrogen-bond donors (Lipinski definition) is 0. The SMILES string of the molecule is O=[N+]([O-])c1ccc2c(ccn2-c2nccc(Cl)n2)c1. The van der Waals surface area contributed by atoms with E-state index in [1.54, 1.807) is 35.2 Å². The van der Waals surface area contributed by atoms with Crippen molar-refractivity contribution in [1.82, 2.24) is 14.5 Å². The maximum absolute atomic E-state index is 10.7. The van der Waals surface area contributed by atoms with Crippen LogP contribution in [0.25, 0.3) is 16.9 Å². The van der Waals surface area contributed by atoms with E-state index in [0.29, 0.717) is 11.1 Å². The summed E-state index contributed by atoms with van der Waals surface area (Å²) in [4.78, 5) is 18.5. The fourth-order valence-corrected chi connectivity index (χ4v) is 1.99. The summed E-state index contributed by atoms with van der Waals surface area (Å²) < 4.78 is 1.73. The van der Waals surface area contributed by atoms with Crippen molar-refractivity contribution in [1.29, 1.82) is 0 Å². The van der Waals surface area contributed by atoms with E-state index < -0.39 is 4.92 Å². The summed E-state index contributed by atoms with van der Waals surface area (Å²) in [5.74, 6) is 0.427. The highest BCUT2D eigenvalue weighted by Gasteiger charge is 2.10. The van der Waals surface area contributed by atoms with Crippen molar-refractivity contribution in [3.05, 3.63) is 58.0 Å². The van der Waals surface area contributed by atoms with Crippen LogP contribution in [0.2, 0.25) is 5.15 Å². The van der Waals surface area contributed by atoms with Crippen LogP contribution in [-0.4, -0.2) is 19.5 Å². The fourth-order valence-electron chi connectivity index (χ4n) is 1.86. The second-order valence-corrected chi connectivity index (χ2v) is 4.25. The van der Waals surface area contributed by atoms with Crippen LogP contribution in [0.15, 0.2) is 42.7 Å². The summed E-state index contributed by atoms with van der Waals surface area (Å²) in [7, 11) is 0. The first-order valence-electron chi connectivity index (χ1n) is 5.39. The van der Waals surface area contributed by atoms with Crippen LogP contribution < -0.4 is 0 Å². The summed E-state index contributed by atoms with van der Waals surface area (Å²) in [6.07, 6.45) is 3.31. The van der Waals surface area contributed by atoms with Crippen molar-refractivity contribution in [3.8, 4) is 5.95 Å². The number of non-ortho nitro benzene ring substituents is 1. The Morgan fingerprint density at radius 2 is 2.11 bits per heavy atom. The lowest BCUT2D eigenvalue weighted by molar-refractivity contribution is -0.384. The lowest BCUT2D eigenvalue weighted by Crippen LogP contribution is -1.99. The third-order valence-corrected chi connectivity index (χ3v) is 2.92. The normalized spacial score (nSPS) is 10.8. The van der Waals surface area contributed by atoms with E-state index in [1.807, 2.05) is 0 Å². The lowest BCUT2D eigenvalue weighted by Gasteiger charge is -2.03. The molecule has 19 heavy (non-hydrogen) atoms. The van der Waals surface area contributed by atoms with Gasteiger partial charge in [0.25, 0.3) is 5.69 Å². The molecule has 0 unspecified atom stereocenters. The Hall–Kier alpha value is -2.47. The van der Waals surface area contributed by atoms with E-state index in [0.717, 1.165) is 10.9 Å². The minimum Gasteiger partial charge on any atom is -0.285 e. The molecule has 1 aromatic carbocycles. The number of aromatic nitrogens is 3. The highest BCUT2D eigenvalue weighted by Crippen LogP contribution is 2.23. The lowest BCUT2D eigenvalue weighted by atomic mass is 10.2. The van der Waals surface area contributed by atoms with Gasteiger partial charge >= 0.3 is 0 Å². The van der Waals surface area contributed by atoms with E-state index in [2.05, 4.69) is 9.97 Å². The zero-order valence-corrected chi connectivity index (χ0v) is 10.3. The molecule has 94 valence electrons. The zero-order chi connectivity index (χ0) is 13.4. The minimum absolute atomic E-state index is 0.0530. The topological polar surface area (TPSA) is 73.8 Å². The van der Waals surface area contributed by atoms with Crippen molar-refractivity contribution in [3.63, 3.8) is 0 Å². The molecule has 0 radical (unpaired) electrons. The summed E-state index contributed by atoms with van der Waals surface area (Å²) in [5.41, 5.74) is 0.838. The molecular formula is C12H7ClN4O2. The molecule has 0 aliphatic rings. The second-order valence-electron chi connectivity index (χ2n) is 3.87. The zero-order valence-electron chi connectivity index (χ0n) is 9.52. The van der Waals surface area contributed by atoms with Crippen LogP contribution in [0.3, 0.4) is 0 Å². The Morgan fingerprint density at radius 3 is 2.84 bits per heavy atom. The number of hydrogen-bond acceptors (Lipinski definition) is 4. The molecule has 6 nitrogen and oxygen atoms in total. The molecule has 3 aromatic rings. The molecule has 0 saturated heterocycles. The van der Waals surface area contributed by atoms with Crippen LogP contribution in [0, 0.1) is 10.1 Å². The molecule has 0 spiro atoms. The highest BCUT2D eigenvalue weighted by molar-refractivity contribution is 6.29. The van der Waals surface area contributed by atoms with E-state index in [4.69, 9.17) is 11.6 Å². The third-order valence-electron chi connectivity index (χ3n) is 2.71. The molecule has 0 aliphatic carbocycles. The molecular weight excluding hydrogens is 268 g/mol. The van der Waals surface area contributed by atoms with Crippen LogP contribution >= 0.6 is 11.6 Å². The average molecular weight is 275 g/mol. The molecule has 3 rings (SSSR count). The third kappa shape index (κ3) is 2.02. The quantitative estimate of drug-likeness (QED) is 0.409. The molecule has 0 amide bonds. The van der Waals surface area contributed by atoms with Crippen molar-refractivity contribution < 1.29 is 4.92 Å². The second kappa shape index (κ2) is 4.33. The number of fused-ring (bicyclic) bond motifs is 1. The highest BCUT2D eigenvalue weighted by atomic mass is 35.5. The van der Waals surface area contributed by atoms with Gasteiger partial charge in [-0.25, -0.2) is 9.97 Å². The van der Waals surface area contributed by atoms with Gasteiger partial charge in [0, 0.05) is 29.9 Å². The number of nitrogens with zero attached hydrogens (tertiary/aromatic N) is 4. The van der Waals surface area contributed by atoms with Crippen LogP contribution in [0.1, 0.15) is 0 Å². The van der Waals surface area contributed by atoms with Gasteiger partial charge < -0.3 is 0 Å². The van der Waals surface area contributed by atoms with Crippen LogP contribution in [0.5, 0.6) is 0 Å². The predicted octanol–water partition coefficient (Wildman–Crippen LogP) is 2.98. The summed E-state index contributed by atoms with van der Waals surface area (Å²) in [6.45, 7) is 0. The molecule has 0 fully saturated rings. The standard InChI is InChI=1S/C12H7ClN4O2/c13-11-3-5-14-12(15-11)16-6-4-8-7-9(17(18)19)1-2-10(8)16/h1-7H. The first kappa shape index (κ1) is 11.6. The monoisotopic (exact) mass is 274 g/mol. The molecule has 7 heteroatoms. The van der Waals surface area contributed by atoms with Gasteiger partial charge in [0.1, 0.15) is 5.15 Å². The summed E-state index contributed by atoms with van der Waals surface area (Å²) in [5, 5.41) is 11.8. The van der Waals surface area contributed by atoms with Crippen molar-refractivity contribution >= 4 is 28.2 Å².